The summed E-state index contributed by atoms with van der Waals surface area (Å²) in [6.45, 7) is 7.04. The third-order valence-corrected chi connectivity index (χ3v) is 4.42. The van der Waals surface area contributed by atoms with Crippen LogP contribution in [0.15, 0.2) is 23.0 Å². The van der Waals surface area contributed by atoms with Crippen LogP contribution in [-0.2, 0) is 20.6 Å². The summed E-state index contributed by atoms with van der Waals surface area (Å²) in [4.78, 5) is 12.0. The van der Waals surface area contributed by atoms with Gasteiger partial charge in [0.05, 0.1) is 11.0 Å². The number of fused-ring (bicyclic) bond motifs is 1. The van der Waals surface area contributed by atoms with E-state index in [0.717, 1.165) is 33.7 Å². The number of aromatic nitrogens is 4. The van der Waals surface area contributed by atoms with Gasteiger partial charge in [-0.15, -0.1) is 0 Å². The van der Waals surface area contributed by atoms with Gasteiger partial charge in [0.1, 0.15) is 0 Å². The Morgan fingerprint density at radius 1 is 1.22 bits per heavy atom. The molecule has 0 aliphatic carbocycles. The molecule has 0 radical (unpaired) electrons. The first-order chi connectivity index (χ1) is 10.9. The Hall–Kier alpha value is -2.50. The summed E-state index contributed by atoms with van der Waals surface area (Å²) in [6.07, 6.45) is 0. The van der Waals surface area contributed by atoms with E-state index in [9.17, 15) is 4.79 Å². The highest BCUT2D eigenvalue weighted by Gasteiger charge is 2.12. The van der Waals surface area contributed by atoms with E-state index >= 15 is 0 Å². The van der Waals surface area contributed by atoms with Crippen LogP contribution >= 0.6 is 0 Å². The van der Waals surface area contributed by atoms with E-state index in [1.807, 2.05) is 12.1 Å². The Bertz CT molecular complexity index is 913. The standard InChI is InChI=1S/C17H23N5O/c1-10(2)15-11(3)16(20-19-15)18-9-12-6-7-13-14(8-12)22(5)17(23)21(13)4/h6-8,10H,9H2,1-5H3,(H2,18,19,20). The molecule has 0 aliphatic rings. The van der Waals surface area contributed by atoms with Crippen LogP contribution in [0.5, 0.6) is 0 Å². The lowest BCUT2D eigenvalue weighted by molar-refractivity contribution is 0.795. The maximum atomic E-state index is 12.0. The van der Waals surface area contributed by atoms with Gasteiger partial charge >= 0.3 is 5.69 Å². The zero-order valence-electron chi connectivity index (χ0n) is 14.3. The minimum Gasteiger partial charge on any atom is -0.364 e. The lowest BCUT2D eigenvalue weighted by Crippen LogP contribution is -2.19. The minimum atomic E-state index is -0.00479. The molecule has 0 atom stereocenters. The Morgan fingerprint density at radius 2 is 1.91 bits per heavy atom. The molecule has 2 N–H and O–H groups in total. The highest BCUT2D eigenvalue weighted by molar-refractivity contribution is 5.76. The number of H-pyrrole nitrogens is 1. The molecule has 0 fully saturated rings. The van der Waals surface area contributed by atoms with Gasteiger partial charge in [-0.05, 0) is 30.5 Å². The van der Waals surface area contributed by atoms with E-state index in [2.05, 4.69) is 42.4 Å². The molecule has 122 valence electrons. The van der Waals surface area contributed by atoms with Crippen molar-refractivity contribution in [3.63, 3.8) is 0 Å². The molecule has 0 saturated heterocycles. The molecule has 3 aromatic rings. The van der Waals surface area contributed by atoms with Gasteiger partial charge in [0.15, 0.2) is 5.82 Å². The second-order valence-electron chi connectivity index (χ2n) is 6.34. The van der Waals surface area contributed by atoms with Crippen LogP contribution in [0.4, 0.5) is 5.82 Å². The van der Waals surface area contributed by atoms with Crippen molar-refractivity contribution in [3.8, 4) is 0 Å². The largest absolute Gasteiger partial charge is 0.364 e. The average molecular weight is 313 g/mol. The first-order valence-electron chi connectivity index (χ1n) is 7.83. The molecule has 3 rings (SSSR count). The van der Waals surface area contributed by atoms with Crippen molar-refractivity contribution >= 4 is 16.9 Å². The molecular formula is C17H23N5O. The van der Waals surface area contributed by atoms with E-state index in [-0.39, 0.29) is 5.69 Å². The third-order valence-electron chi connectivity index (χ3n) is 4.42. The average Bonchev–Trinajstić information content (AvgIpc) is 3.00. The molecule has 1 aromatic carbocycles. The maximum Gasteiger partial charge on any atom is 0.328 e. The highest BCUT2D eigenvalue weighted by Crippen LogP contribution is 2.23. The van der Waals surface area contributed by atoms with Gasteiger partial charge in [-0.25, -0.2) is 4.79 Å². The zero-order valence-corrected chi connectivity index (χ0v) is 14.3. The topological polar surface area (TPSA) is 67.6 Å². The number of nitrogens with one attached hydrogen (secondary N) is 2. The summed E-state index contributed by atoms with van der Waals surface area (Å²) in [5, 5.41) is 10.8. The smallest absolute Gasteiger partial charge is 0.328 e. The number of nitrogens with zero attached hydrogens (tertiary/aromatic N) is 3. The van der Waals surface area contributed by atoms with Gasteiger partial charge in [-0.3, -0.25) is 14.2 Å². The Labute approximate surface area is 135 Å². The van der Waals surface area contributed by atoms with Crippen molar-refractivity contribution < 1.29 is 0 Å². The number of hydrogen-bond donors (Lipinski definition) is 2. The van der Waals surface area contributed by atoms with Crippen molar-refractivity contribution in [2.75, 3.05) is 5.32 Å². The summed E-state index contributed by atoms with van der Waals surface area (Å²) in [7, 11) is 3.60. The fraction of sp³-hybridized carbons (Fsp3) is 0.412. The van der Waals surface area contributed by atoms with Crippen molar-refractivity contribution in [2.45, 2.75) is 33.2 Å². The van der Waals surface area contributed by atoms with E-state index in [0.29, 0.717) is 12.5 Å². The summed E-state index contributed by atoms with van der Waals surface area (Å²) in [5.74, 6) is 1.31. The first-order valence-corrected chi connectivity index (χ1v) is 7.83. The minimum absolute atomic E-state index is 0.00479. The number of benzene rings is 1. The number of anilines is 1. The maximum absolute atomic E-state index is 12.0. The molecule has 0 aliphatic heterocycles. The predicted molar refractivity (Wildman–Crippen MR) is 92.9 cm³/mol. The summed E-state index contributed by atoms with van der Waals surface area (Å²) >= 11 is 0. The van der Waals surface area contributed by atoms with Crippen molar-refractivity contribution in [2.24, 2.45) is 14.1 Å². The van der Waals surface area contributed by atoms with E-state index < -0.39 is 0 Å². The van der Waals surface area contributed by atoms with E-state index in [1.165, 1.54) is 0 Å². The molecule has 6 nitrogen and oxygen atoms in total. The van der Waals surface area contributed by atoms with Gasteiger partial charge in [0.2, 0.25) is 0 Å². The molecule has 0 bridgehead atoms. The SMILES string of the molecule is Cc1c(NCc2ccc3c(c2)n(C)c(=O)n3C)n[nH]c1C(C)C. The zero-order chi connectivity index (χ0) is 16.7. The number of rotatable bonds is 4. The molecule has 0 saturated carbocycles. The van der Waals surface area contributed by atoms with Crippen LogP contribution in [-0.4, -0.2) is 19.3 Å². The van der Waals surface area contributed by atoms with Crippen molar-refractivity contribution in [1.82, 2.24) is 19.3 Å². The van der Waals surface area contributed by atoms with Gasteiger partial charge in [-0.1, -0.05) is 19.9 Å². The molecular weight excluding hydrogens is 290 g/mol. The summed E-state index contributed by atoms with van der Waals surface area (Å²) in [5.41, 5.74) is 5.32. The lowest BCUT2D eigenvalue weighted by Gasteiger charge is -2.07. The van der Waals surface area contributed by atoms with Crippen LogP contribution in [0.3, 0.4) is 0 Å². The number of imidazole rings is 1. The third kappa shape index (κ3) is 2.54. The van der Waals surface area contributed by atoms with Gasteiger partial charge in [0, 0.05) is 31.9 Å². The second-order valence-corrected chi connectivity index (χ2v) is 6.34. The molecule has 2 aromatic heterocycles. The summed E-state index contributed by atoms with van der Waals surface area (Å²) < 4.78 is 3.34. The Morgan fingerprint density at radius 3 is 2.57 bits per heavy atom. The van der Waals surface area contributed by atoms with Gasteiger partial charge in [-0.2, -0.15) is 5.10 Å². The quantitative estimate of drug-likeness (QED) is 0.778. The van der Waals surface area contributed by atoms with Crippen LogP contribution < -0.4 is 11.0 Å². The van der Waals surface area contributed by atoms with Crippen LogP contribution in [0.25, 0.3) is 11.0 Å². The Kier molecular flexibility index (Phi) is 3.75. The second kappa shape index (κ2) is 5.61. The van der Waals surface area contributed by atoms with Gasteiger partial charge < -0.3 is 5.32 Å². The number of hydrogen-bond acceptors (Lipinski definition) is 3. The lowest BCUT2D eigenvalue weighted by atomic mass is 10.1. The van der Waals surface area contributed by atoms with Crippen LogP contribution in [0.1, 0.15) is 36.6 Å². The molecule has 0 amide bonds. The first kappa shape index (κ1) is 15.4. The van der Waals surface area contributed by atoms with Crippen LogP contribution in [0, 0.1) is 6.92 Å². The Balaban J connectivity index is 1.85. The fourth-order valence-electron chi connectivity index (χ4n) is 2.99. The van der Waals surface area contributed by atoms with E-state index in [1.54, 1.807) is 23.2 Å². The van der Waals surface area contributed by atoms with E-state index in [4.69, 9.17) is 0 Å². The van der Waals surface area contributed by atoms with Crippen molar-refractivity contribution in [1.29, 1.82) is 0 Å². The monoisotopic (exact) mass is 313 g/mol. The normalized spacial score (nSPS) is 11.6. The van der Waals surface area contributed by atoms with Crippen molar-refractivity contribution in [3.05, 3.63) is 45.5 Å². The fourth-order valence-corrected chi connectivity index (χ4v) is 2.99. The van der Waals surface area contributed by atoms with Gasteiger partial charge in [0.25, 0.3) is 0 Å². The molecule has 0 unspecified atom stereocenters. The molecule has 23 heavy (non-hydrogen) atoms. The van der Waals surface area contributed by atoms with Crippen LogP contribution in [0.2, 0.25) is 0 Å². The molecule has 0 spiro atoms. The highest BCUT2D eigenvalue weighted by atomic mass is 16.1. The summed E-state index contributed by atoms with van der Waals surface area (Å²) in [6, 6.07) is 6.08. The molecule has 6 heteroatoms. The predicted octanol–water partition coefficient (Wildman–Crippen LogP) is 2.64. The molecule has 2 heterocycles. The number of aromatic amines is 1. The number of aryl methyl sites for hydroxylation is 2.